The molecule has 0 aliphatic rings. The van der Waals surface area contributed by atoms with E-state index in [0.29, 0.717) is 15.6 Å². The summed E-state index contributed by atoms with van der Waals surface area (Å²) >= 11 is 7.55. The molecule has 1 aromatic heterocycles. The average Bonchev–Trinajstić information content (AvgIpc) is 3.12. The fourth-order valence-corrected chi connectivity index (χ4v) is 3.40. The van der Waals surface area contributed by atoms with Gasteiger partial charge in [0.15, 0.2) is 5.76 Å². The van der Waals surface area contributed by atoms with E-state index in [4.69, 9.17) is 16.3 Å². The minimum atomic E-state index is -0.535. The summed E-state index contributed by atoms with van der Waals surface area (Å²) in [6, 6.07) is 18.6. The van der Waals surface area contributed by atoms with Crippen molar-refractivity contribution < 1.29 is 9.53 Å². The van der Waals surface area contributed by atoms with Gasteiger partial charge in [-0.3, -0.25) is 4.79 Å². The van der Waals surface area contributed by atoms with Gasteiger partial charge >= 0.3 is 5.97 Å². The van der Waals surface area contributed by atoms with Crippen LogP contribution in [-0.4, -0.2) is 11.0 Å². The zero-order chi connectivity index (χ0) is 18.5. The maximum Gasteiger partial charge on any atom is 0.308 e. The van der Waals surface area contributed by atoms with Crippen molar-refractivity contribution in [1.82, 2.24) is 4.98 Å². The number of nitriles is 1. The molecule has 0 unspecified atom stereocenters. The van der Waals surface area contributed by atoms with Crippen molar-refractivity contribution in [2.24, 2.45) is 0 Å². The molecule has 26 heavy (non-hydrogen) atoms. The van der Waals surface area contributed by atoms with Gasteiger partial charge < -0.3 is 4.74 Å². The Bertz CT molecular complexity index is 1020. The molecule has 0 saturated carbocycles. The quantitative estimate of drug-likeness (QED) is 0.344. The molecule has 1 heterocycles. The highest BCUT2D eigenvalue weighted by Gasteiger charge is 2.20. The van der Waals surface area contributed by atoms with Gasteiger partial charge in [0.2, 0.25) is 0 Å². The molecule has 6 heteroatoms. The number of benzene rings is 2. The number of ether oxygens (including phenoxy) is 1. The van der Waals surface area contributed by atoms with Crippen LogP contribution in [0.15, 0.2) is 60.0 Å². The number of hydrogen-bond acceptors (Lipinski definition) is 5. The number of allylic oxidation sites excluding steroid dienone is 1. The molecule has 0 N–H and O–H groups in total. The molecule has 0 atom stereocenters. The van der Waals surface area contributed by atoms with E-state index < -0.39 is 5.97 Å². The Morgan fingerprint density at radius 1 is 1.15 bits per heavy atom. The molecule has 0 saturated heterocycles. The first-order chi connectivity index (χ1) is 12.6. The SMILES string of the molecule is CC(=O)OC(=C(C#N)c1nc(-c2ccccc2)cs1)c1ccccc1Cl. The Morgan fingerprint density at radius 3 is 2.50 bits per heavy atom. The highest BCUT2D eigenvalue weighted by atomic mass is 35.5. The number of aromatic nitrogens is 1. The van der Waals surface area contributed by atoms with Gasteiger partial charge in [-0.2, -0.15) is 5.26 Å². The standard InChI is InChI=1S/C20H13ClN2O2S/c1-13(24)25-19(15-9-5-6-10-17(15)21)16(11-22)20-23-18(12-26-20)14-7-3-2-4-8-14/h2-10,12H,1H3. The van der Waals surface area contributed by atoms with Crippen molar-refractivity contribution in [2.75, 3.05) is 0 Å². The smallest absolute Gasteiger partial charge is 0.308 e. The predicted octanol–water partition coefficient (Wildman–Crippen LogP) is 5.42. The van der Waals surface area contributed by atoms with Crippen molar-refractivity contribution >= 4 is 40.2 Å². The molecular weight excluding hydrogens is 368 g/mol. The molecule has 3 rings (SSSR count). The van der Waals surface area contributed by atoms with Gasteiger partial charge in [0, 0.05) is 23.4 Å². The molecular formula is C20H13ClN2O2S. The van der Waals surface area contributed by atoms with Crippen LogP contribution in [0.3, 0.4) is 0 Å². The molecule has 0 radical (unpaired) electrons. The molecule has 0 aliphatic heterocycles. The molecule has 2 aromatic carbocycles. The Hall–Kier alpha value is -2.94. The summed E-state index contributed by atoms with van der Waals surface area (Å²) in [6.07, 6.45) is 0. The summed E-state index contributed by atoms with van der Waals surface area (Å²) in [6.45, 7) is 1.28. The lowest BCUT2D eigenvalue weighted by Crippen LogP contribution is -2.02. The molecule has 0 amide bonds. The van der Waals surface area contributed by atoms with E-state index in [2.05, 4.69) is 11.1 Å². The number of esters is 1. The van der Waals surface area contributed by atoms with Gasteiger partial charge in [-0.15, -0.1) is 11.3 Å². The Kier molecular flexibility index (Phi) is 5.47. The summed E-state index contributed by atoms with van der Waals surface area (Å²) < 4.78 is 5.34. The summed E-state index contributed by atoms with van der Waals surface area (Å²) in [5.74, 6) is -0.424. The van der Waals surface area contributed by atoms with Crippen LogP contribution in [-0.2, 0) is 9.53 Å². The lowest BCUT2D eigenvalue weighted by molar-refractivity contribution is -0.134. The predicted molar refractivity (Wildman–Crippen MR) is 103 cm³/mol. The van der Waals surface area contributed by atoms with E-state index in [-0.39, 0.29) is 11.3 Å². The van der Waals surface area contributed by atoms with Crippen molar-refractivity contribution in [3.8, 4) is 17.3 Å². The minimum absolute atomic E-state index is 0.111. The first-order valence-corrected chi connectivity index (χ1v) is 8.95. The van der Waals surface area contributed by atoms with Gasteiger partial charge in [-0.25, -0.2) is 4.98 Å². The first kappa shape index (κ1) is 17.9. The fraction of sp³-hybridized carbons (Fsp3) is 0.0500. The summed E-state index contributed by atoms with van der Waals surface area (Å²) in [4.78, 5) is 16.1. The highest BCUT2D eigenvalue weighted by Crippen LogP contribution is 2.34. The van der Waals surface area contributed by atoms with Crippen LogP contribution >= 0.6 is 22.9 Å². The van der Waals surface area contributed by atoms with Crippen LogP contribution in [0.2, 0.25) is 5.02 Å². The van der Waals surface area contributed by atoms with Crippen LogP contribution in [0.1, 0.15) is 17.5 Å². The van der Waals surface area contributed by atoms with Crippen molar-refractivity contribution in [3.05, 3.63) is 75.6 Å². The number of thiazole rings is 1. The van der Waals surface area contributed by atoms with Gasteiger partial charge in [0.05, 0.1) is 10.7 Å². The number of nitrogens with zero attached hydrogens (tertiary/aromatic N) is 2. The monoisotopic (exact) mass is 380 g/mol. The molecule has 0 bridgehead atoms. The van der Waals surface area contributed by atoms with Crippen molar-refractivity contribution in [2.45, 2.75) is 6.92 Å². The normalized spacial score (nSPS) is 11.4. The number of carbonyl (C=O) groups excluding carboxylic acids is 1. The Labute approximate surface area is 160 Å². The van der Waals surface area contributed by atoms with Gasteiger partial charge in [-0.1, -0.05) is 54.1 Å². The van der Waals surface area contributed by atoms with E-state index >= 15 is 0 Å². The topological polar surface area (TPSA) is 63.0 Å². The fourth-order valence-electron chi connectivity index (χ4n) is 2.36. The second-order valence-corrected chi connectivity index (χ2v) is 6.56. The number of carbonyl (C=O) groups is 1. The zero-order valence-corrected chi connectivity index (χ0v) is 15.3. The van der Waals surface area contributed by atoms with Crippen LogP contribution in [0.5, 0.6) is 0 Å². The first-order valence-electron chi connectivity index (χ1n) is 7.69. The third kappa shape index (κ3) is 3.83. The molecule has 3 aromatic rings. The maximum absolute atomic E-state index is 11.6. The second-order valence-electron chi connectivity index (χ2n) is 5.29. The van der Waals surface area contributed by atoms with Gasteiger partial charge in [-0.05, 0) is 12.1 Å². The highest BCUT2D eigenvalue weighted by molar-refractivity contribution is 7.11. The van der Waals surface area contributed by atoms with Crippen LogP contribution in [0.4, 0.5) is 0 Å². The molecule has 0 aliphatic carbocycles. The molecule has 0 spiro atoms. The molecule has 4 nitrogen and oxygen atoms in total. The number of halogens is 1. The van der Waals surface area contributed by atoms with E-state index in [0.717, 1.165) is 11.3 Å². The summed E-state index contributed by atoms with van der Waals surface area (Å²) in [7, 11) is 0. The maximum atomic E-state index is 11.6. The lowest BCUT2D eigenvalue weighted by atomic mass is 10.1. The van der Waals surface area contributed by atoms with E-state index in [1.54, 1.807) is 24.3 Å². The third-order valence-corrected chi connectivity index (χ3v) is 4.68. The third-order valence-electron chi connectivity index (χ3n) is 3.49. The summed E-state index contributed by atoms with van der Waals surface area (Å²) in [5, 5.41) is 12.4. The van der Waals surface area contributed by atoms with Gasteiger partial charge in [0.25, 0.3) is 0 Å². The second kappa shape index (κ2) is 7.96. The van der Waals surface area contributed by atoms with Crippen LogP contribution < -0.4 is 0 Å². The minimum Gasteiger partial charge on any atom is -0.424 e. The zero-order valence-electron chi connectivity index (χ0n) is 13.8. The van der Waals surface area contributed by atoms with Crippen LogP contribution in [0.25, 0.3) is 22.6 Å². The average molecular weight is 381 g/mol. The van der Waals surface area contributed by atoms with E-state index in [1.807, 2.05) is 35.7 Å². The lowest BCUT2D eigenvalue weighted by Gasteiger charge is -2.10. The Balaban J connectivity index is 2.14. The van der Waals surface area contributed by atoms with Crippen molar-refractivity contribution in [1.29, 1.82) is 5.26 Å². The molecule has 0 fully saturated rings. The van der Waals surface area contributed by atoms with E-state index in [9.17, 15) is 10.1 Å². The number of hydrogen-bond donors (Lipinski definition) is 0. The van der Waals surface area contributed by atoms with Crippen molar-refractivity contribution in [3.63, 3.8) is 0 Å². The number of rotatable bonds is 4. The Morgan fingerprint density at radius 2 is 1.85 bits per heavy atom. The molecule has 128 valence electrons. The largest absolute Gasteiger partial charge is 0.424 e. The van der Waals surface area contributed by atoms with E-state index in [1.165, 1.54) is 18.3 Å². The summed E-state index contributed by atoms with van der Waals surface area (Å²) in [5.41, 5.74) is 2.33. The van der Waals surface area contributed by atoms with Crippen LogP contribution in [0, 0.1) is 11.3 Å². The van der Waals surface area contributed by atoms with Gasteiger partial charge in [0.1, 0.15) is 16.6 Å².